The minimum Gasteiger partial charge on any atom is -0.386 e. The zero-order valence-corrected chi connectivity index (χ0v) is 22.8. The average Bonchev–Trinajstić information content (AvgIpc) is 2.79. The van der Waals surface area contributed by atoms with E-state index >= 15 is 0 Å². The maximum Gasteiger partial charge on any atom is 0.346 e. The Balaban J connectivity index is 0.000000233. The summed E-state index contributed by atoms with van der Waals surface area (Å²) < 4.78 is 5.15. The summed E-state index contributed by atoms with van der Waals surface area (Å²) in [4.78, 5) is 24.9. The highest BCUT2D eigenvalue weighted by Crippen LogP contribution is 2.21. The number of ether oxygens (including phenoxy) is 1. The Morgan fingerprint density at radius 1 is 0.528 bits per heavy atom. The van der Waals surface area contributed by atoms with Gasteiger partial charge in [-0.15, -0.1) is 0 Å². The SMILES string of the molecule is Cc1cc(C)c(C(=O)OC(=O)c2c(C)cc(C)cc2C)c(C)c1.c1ccc(Pc2ccccc2)cc1. The molecular weight excluding hydrogens is 463 g/mol. The molecule has 4 aromatic rings. The lowest BCUT2D eigenvalue weighted by atomic mass is 9.99. The van der Waals surface area contributed by atoms with Gasteiger partial charge in [0, 0.05) is 0 Å². The van der Waals surface area contributed by atoms with Crippen LogP contribution < -0.4 is 10.6 Å². The lowest BCUT2D eigenvalue weighted by Gasteiger charge is -2.12. The van der Waals surface area contributed by atoms with Crippen LogP contribution >= 0.6 is 8.58 Å². The van der Waals surface area contributed by atoms with Gasteiger partial charge in [-0.25, -0.2) is 9.59 Å². The first-order valence-corrected chi connectivity index (χ1v) is 12.9. The van der Waals surface area contributed by atoms with Crippen molar-refractivity contribution in [3.63, 3.8) is 0 Å². The van der Waals surface area contributed by atoms with Gasteiger partial charge in [-0.1, -0.05) is 105 Å². The molecular formula is C32H33O3P. The van der Waals surface area contributed by atoms with Crippen LogP contribution in [0, 0.1) is 41.5 Å². The zero-order valence-electron chi connectivity index (χ0n) is 21.8. The number of rotatable bonds is 4. The maximum absolute atomic E-state index is 12.4. The molecule has 0 N–H and O–H groups in total. The molecule has 0 aliphatic heterocycles. The molecule has 0 spiro atoms. The van der Waals surface area contributed by atoms with Crippen molar-refractivity contribution in [2.45, 2.75) is 41.5 Å². The van der Waals surface area contributed by atoms with Crippen molar-refractivity contribution < 1.29 is 14.3 Å². The molecule has 4 rings (SSSR count). The van der Waals surface area contributed by atoms with E-state index in [2.05, 4.69) is 60.7 Å². The second-order valence-corrected chi connectivity index (χ2v) is 10.5. The van der Waals surface area contributed by atoms with Gasteiger partial charge < -0.3 is 4.74 Å². The molecule has 4 aromatic carbocycles. The molecule has 0 saturated carbocycles. The van der Waals surface area contributed by atoms with Gasteiger partial charge in [0.1, 0.15) is 0 Å². The molecule has 0 radical (unpaired) electrons. The van der Waals surface area contributed by atoms with E-state index in [1.54, 1.807) is 0 Å². The van der Waals surface area contributed by atoms with Crippen LogP contribution in [-0.4, -0.2) is 11.9 Å². The molecule has 0 fully saturated rings. The first kappa shape index (κ1) is 27.0. The van der Waals surface area contributed by atoms with Crippen LogP contribution in [0.3, 0.4) is 0 Å². The fourth-order valence-corrected chi connectivity index (χ4v) is 5.45. The molecule has 0 aromatic heterocycles. The van der Waals surface area contributed by atoms with Crippen LogP contribution in [0.4, 0.5) is 0 Å². The average molecular weight is 497 g/mol. The molecule has 0 saturated heterocycles. The largest absolute Gasteiger partial charge is 0.386 e. The molecule has 36 heavy (non-hydrogen) atoms. The maximum atomic E-state index is 12.4. The third kappa shape index (κ3) is 7.23. The third-order valence-corrected chi connectivity index (χ3v) is 7.03. The van der Waals surface area contributed by atoms with Crippen LogP contribution in [0.25, 0.3) is 0 Å². The van der Waals surface area contributed by atoms with Crippen molar-refractivity contribution in [3.05, 3.63) is 129 Å². The molecule has 0 aliphatic rings. The first-order chi connectivity index (χ1) is 17.2. The summed E-state index contributed by atoms with van der Waals surface area (Å²) in [6.07, 6.45) is 0. The van der Waals surface area contributed by atoms with Crippen molar-refractivity contribution >= 4 is 31.1 Å². The Labute approximate surface area is 216 Å². The number of carbonyl (C=O) groups excluding carboxylic acids is 2. The van der Waals surface area contributed by atoms with Crippen LogP contribution in [0.5, 0.6) is 0 Å². The Hall–Kier alpha value is -3.55. The molecule has 0 amide bonds. The van der Waals surface area contributed by atoms with Crippen molar-refractivity contribution in [1.29, 1.82) is 0 Å². The number of hydrogen-bond acceptors (Lipinski definition) is 3. The van der Waals surface area contributed by atoms with Gasteiger partial charge in [-0.2, -0.15) is 0 Å². The summed E-state index contributed by atoms with van der Waals surface area (Å²) >= 11 is 0. The number of esters is 2. The zero-order chi connectivity index (χ0) is 26.2. The summed E-state index contributed by atoms with van der Waals surface area (Å²) in [6.45, 7) is 11.3. The van der Waals surface area contributed by atoms with E-state index in [0.717, 1.165) is 42.0 Å². The Morgan fingerprint density at radius 2 is 0.833 bits per heavy atom. The minimum absolute atomic E-state index is 0.464. The topological polar surface area (TPSA) is 43.4 Å². The van der Waals surface area contributed by atoms with Crippen molar-refractivity contribution in [2.24, 2.45) is 0 Å². The fraction of sp³-hybridized carbons (Fsp3) is 0.188. The lowest BCUT2D eigenvalue weighted by molar-refractivity contribution is 0.0396. The Morgan fingerprint density at radius 3 is 1.14 bits per heavy atom. The predicted octanol–water partition coefficient (Wildman–Crippen LogP) is 6.85. The highest BCUT2D eigenvalue weighted by Gasteiger charge is 2.21. The molecule has 3 nitrogen and oxygen atoms in total. The Kier molecular flexibility index (Phi) is 9.33. The molecule has 0 aliphatic carbocycles. The smallest absolute Gasteiger partial charge is 0.346 e. The molecule has 0 unspecified atom stereocenters. The van der Waals surface area contributed by atoms with Crippen LogP contribution in [-0.2, 0) is 4.74 Å². The van der Waals surface area contributed by atoms with Gasteiger partial charge >= 0.3 is 11.9 Å². The van der Waals surface area contributed by atoms with Gasteiger partial charge in [-0.05, 0) is 74.4 Å². The van der Waals surface area contributed by atoms with E-state index in [9.17, 15) is 9.59 Å². The van der Waals surface area contributed by atoms with E-state index in [1.165, 1.54) is 10.6 Å². The molecule has 0 atom stereocenters. The molecule has 0 heterocycles. The van der Waals surface area contributed by atoms with E-state index in [4.69, 9.17) is 4.74 Å². The number of benzene rings is 4. The van der Waals surface area contributed by atoms with E-state index < -0.39 is 11.9 Å². The molecule has 0 bridgehead atoms. The second-order valence-electron chi connectivity index (χ2n) is 9.08. The lowest BCUT2D eigenvalue weighted by Crippen LogP contribution is -2.17. The first-order valence-electron chi connectivity index (χ1n) is 11.9. The van der Waals surface area contributed by atoms with Gasteiger partial charge in [0.2, 0.25) is 0 Å². The monoisotopic (exact) mass is 496 g/mol. The van der Waals surface area contributed by atoms with Crippen molar-refractivity contribution in [1.82, 2.24) is 0 Å². The van der Waals surface area contributed by atoms with Gasteiger partial charge in [-0.3, -0.25) is 0 Å². The summed E-state index contributed by atoms with van der Waals surface area (Å²) in [5, 5.41) is 2.79. The van der Waals surface area contributed by atoms with Crippen LogP contribution in [0.15, 0.2) is 84.9 Å². The second kappa shape index (κ2) is 12.4. The predicted molar refractivity (Wildman–Crippen MR) is 152 cm³/mol. The standard InChI is InChI=1S/C20H22O3.C12H11P/c1-11-7-13(3)17(14(4)8-11)19(21)23-20(22)18-15(5)9-12(2)10-16(18)6;1-3-7-11(8-4-1)13-12-9-5-2-6-10-12/h7-10H,1-6H3;1-10,13H. The highest BCUT2D eigenvalue weighted by atomic mass is 31.1. The van der Waals surface area contributed by atoms with Crippen LogP contribution in [0.2, 0.25) is 0 Å². The Bertz CT molecular complexity index is 1210. The summed E-state index contributed by atoms with van der Waals surface area (Å²) in [5.41, 5.74) is 6.35. The summed E-state index contributed by atoms with van der Waals surface area (Å²) in [6, 6.07) is 28.8. The van der Waals surface area contributed by atoms with Crippen molar-refractivity contribution in [3.8, 4) is 0 Å². The molecule has 184 valence electrons. The summed E-state index contributed by atoms with van der Waals surface area (Å²) in [7, 11) is 0.777. The normalized spacial score (nSPS) is 10.3. The summed E-state index contributed by atoms with van der Waals surface area (Å²) in [5.74, 6) is -1.19. The van der Waals surface area contributed by atoms with Crippen LogP contribution in [0.1, 0.15) is 54.1 Å². The number of carbonyl (C=O) groups is 2. The van der Waals surface area contributed by atoms with Gasteiger partial charge in [0.15, 0.2) is 0 Å². The van der Waals surface area contributed by atoms with E-state index in [-0.39, 0.29) is 0 Å². The molecule has 4 heteroatoms. The fourth-order valence-electron chi connectivity index (χ4n) is 4.40. The van der Waals surface area contributed by atoms with E-state index in [0.29, 0.717) is 11.1 Å². The highest BCUT2D eigenvalue weighted by molar-refractivity contribution is 7.55. The quantitative estimate of drug-likeness (QED) is 0.176. The van der Waals surface area contributed by atoms with Gasteiger partial charge in [0.25, 0.3) is 0 Å². The number of hydrogen-bond donors (Lipinski definition) is 0. The minimum atomic E-state index is -0.593. The third-order valence-electron chi connectivity index (χ3n) is 5.78. The van der Waals surface area contributed by atoms with Crippen molar-refractivity contribution in [2.75, 3.05) is 0 Å². The van der Waals surface area contributed by atoms with Gasteiger partial charge in [0.05, 0.1) is 11.1 Å². The van der Waals surface area contributed by atoms with E-state index in [1.807, 2.05) is 65.8 Å². The number of aryl methyl sites for hydroxylation is 6.